The third-order valence-corrected chi connectivity index (χ3v) is 7.59. The molecule has 2 heterocycles. The highest BCUT2D eigenvalue weighted by molar-refractivity contribution is 6.07. The van der Waals surface area contributed by atoms with Crippen LogP contribution in [0.1, 0.15) is 98.4 Å². The Morgan fingerprint density at radius 1 is 1.06 bits per heavy atom. The van der Waals surface area contributed by atoms with Crippen molar-refractivity contribution in [3.8, 4) is 0 Å². The Bertz CT molecular complexity index is 1170. The number of rotatable bonds is 4. The van der Waals surface area contributed by atoms with E-state index in [4.69, 9.17) is 5.73 Å². The number of aryl methyl sites for hydroxylation is 1. The van der Waals surface area contributed by atoms with Gasteiger partial charge < -0.3 is 10.7 Å². The first-order valence-electron chi connectivity index (χ1n) is 12.1. The first kappa shape index (κ1) is 20.5. The molecule has 4 N–H and O–H groups in total. The van der Waals surface area contributed by atoms with Crippen molar-refractivity contribution in [3.63, 3.8) is 0 Å². The molecule has 0 atom stereocenters. The second-order valence-corrected chi connectivity index (χ2v) is 9.55. The standard InChI is InChI=1S/C26H34N4O/c1-16-22-25(30-29-16)21-15-20(17-9-4-2-5-10-17)23(18-11-6-3-7-12-18)19(13-8-14-27)24(21)28-26(22)31/h8,13,15,17-18H,2-7,9-12,14,27H2,1H3,(H,28,31)(H,29,30)/b13-8+. The number of hydrogen-bond donors (Lipinski definition) is 3. The molecule has 0 radical (unpaired) electrons. The molecule has 0 aliphatic heterocycles. The van der Waals surface area contributed by atoms with E-state index in [1.165, 1.54) is 80.9 Å². The van der Waals surface area contributed by atoms with E-state index >= 15 is 0 Å². The molecule has 2 aliphatic rings. The summed E-state index contributed by atoms with van der Waals surface area (Å²) in [5.74, 6) is 1.16. The number of nitrogens with two attached hydrogens (primary N) is 1. The summed E-state index contributed by atoms with van der Waals surface area (Å²) in [7, 11) is 0. The predicted octanol–water partition coefficient (Wildman–Crippen LogP) is 5.78. The topological polar surface area (TPSA) is 87.6 Å². The van der Waals surface area contributed by atoms with E-state index in [9.17, 15) is 4.79 Å². The van der Waals surface area contributed by atoms with Crippen molar-refractivity contribution in [1.29, 1.82) is 0 Å². The number of fused-ring (bicyclic) bond motifs is 3. The maximum absolute atomic E-state index is 13.0. The maximum Gasteiger partial charge on any atom is 0.259 e. The van der Waals surface area contributed by atoms with Crippen molar-refractivity contribution in [3.05, 3.63) is 44.9 Å². The van der Waals surface area contributed by atoms with Crippen LogP contribution in [0.4, 0.5) is 0 Å². The number of hydrogen-bond acceptors (Lipinski definition) is 3. The Morgan fingerprint density at radius 3 is 2.42 bits per heavy atom. The molecule has 0 unspecified atom stereocenters. The maximum atomic E-state index is 13.0. The minimum absolute atomic E-state index is 0.0591. The lowest BCUT2D eigenvalue weighted by atomic mass is 9.73. The van der Waals surface area contributed by atoms with Crippen molar-refractivity contribution in [2.24, 2.45) is 5.73 Å². The molecule has 0 saturated heterocycles. The number of nitrogens with zero attached hydrogens (tertiary/aromatic N) is 1. The van der Waals surface area contributed by atoms with Crippen molar-refractivity contribution in [1.82, 2.24) is 15.2 Å². The third-order valence-electron chi connectivity index (χ3n) is 7.59. The summed E-state index contributed by atoms with van der Waals surface area (Å²) in [4.78, 5) is 16.2. The molecule has 164 valence electrons. The molecule has 2 aromatic heterocycles. The highest BCUT2D eigenvalue weighted by Crippen LogP contribution is 2.45. The van der Waals surface area contributed by atoms with Crippen LogP contribution in [-0.4, -0.2) is 21.7 Å². The van der Waals surface area contributed by atoms with Crippen LogP contribution in [0, 0.1) is 6.92 Å². The zero-order valence-electron chi connectivity index (χ0n) is 18.6. The second kappa shape index (κ2) is 8.62. The Hall–Kier alpha value is -2.40. The van der Waals surface area contributed by atoms with Crippen LogP contribution in [0.3, 0.4) is 0 Å². The average Bonchev–Trinajstić information content (AvgIpc) is 3.21. The molecule has 0 bridgehead atoms. The molecule has 0 spiro atoms. The molecule has 5 nitrogen and oxygen atoms in total. The molecular weight excluding hydrogens is 384 g/mol. The van der Waals surface area contributed by atoms with Gasteiger partial charge in [0, 0.05) is 23.2 Å². The van der Waals surface area contributed by atoms with Gasteiger partial charge in [-0.3, -0.25) is 9.89 Å². The number of H-pyrrole nitrogens is 2. The number of aromatic amines is 2. The van der Waals surface area contributed by atoms with Gasteiger partial charge in [-0.25, -0.2) is 0 Å². The van der Waals surface area contributed by atoms with E-state index in [1.807, 2.05) is 13.0 Å². The summed E-state index contributed by atoms with van der Waals surface area (Å²) >= 11 is 0. The molecule has 5 rings (SSSR count). The van der Waals surface area contributed by atoms with Gasteiger partial charge in [-0.05, 0) is 61.6 Å². The van der Waals surface area contributed by atoms with Crippen LogP contribution in [0.15, 0.2) is 16.9 Å². The van der Waals surface area contributed by atoms with Gasteiger partial charge in [-0.15, -0.1) is 0 Å². The Balaban J connectivity index is 1.86. The molecule has 0 amide bonds. The van der Waals surface area contributed by atoms with Crippen LogP contribution >= 0.6 is 0 Å². The summed E-state index contributed by atoms with van der Waals surface area (Å²) in [5.41, 5.74) is 12.5. The predicted molar refractivity (Wildman–Crippen MR) is 129 cm³/mol. The van der Waals surface area contributed by atoms with E-state index in [1.54, 1.807) is 0 Å². The van der Waals surface area contributed by atoms with E-state index < -0.39 is 0 Å². The highest BCUT2D eigenvalue weighted by Gasteiger charge is 2.28. The lowest BCUT2D eigenvalue weighted by Gasteiger charge is -2.32. The summed E-state index contributed by atoms with van der Waals surface area (Å²) in [6.45, 7) is 2.41. The third kappa shape index (κ3) is 3.63. The van der Waals surface area contributed by atoms with Gasteiger partial charge in [0.15, 0.2) is 0 Å². The van der Waals surface area contributed by atoms with Crippen LogP contribution in [0.5, 0.6) is 0 Å². The quantitative estimate of drug-likeness (QED) is 0.502. The normalized spacial score (nSPS) is 19.2. The minimum Gasteiger partial charge on any atom is -0.327 e. The van der Waals surface area contributed by atoms with Crippen molar-refractivity contribution < 1.29 is 0 Å². The molecule has 31 heavy (non-hydrogen) atoms. The van der Waals surface area contributed by atoms with Gasteiger partial charge in [0.05, 0.1) is 10.9 Å². The van der Waals surface area contributed by atoms with E-state index in [0.717, 1.165) is 22.1 Å². The van der Waals surface area contributed by atoms with Crippen molar-refractivity contribution >= 4 is 27.9 Å². The molecule has 3 aromatic rings. The summed E-state index contributed by atoms with van der Waals surface area (Å²) in [6.07, 6.45) is 17.1. The number of aromatic nitrogens is 3. The molecular formula is C26H34N4O. The highest BCUT2D eigenvalue weighted by atomic mass is 16.1. The van der Waals surface area contributed by atoms with E-state index in [0.29, 0.717) is 23.8 Å². The molecule has 5 heteroatoms. The van der Waals surface area contributed by atoms with Crippen LogP contribution in [0.2, 0.25) is 0 Å². The van der Waals surface area contributed by atoms with E-state index in [-0.39, 0.29) is 5.56 Å². The first-order chi connectivity index (χ1) is 15.2. The van der Waals surface area contributed by atoms with Crippen LogP contribution < -0.4 is 11.3 Å². The molecule has 2 fully saturated rings. The monoisotopic (exact) mass is 418 g/mol. The molecule has 1 aromatic carbocycles. The number of pyridine rings is 1. The average molecular weight is 419 g/mol. The number of nitrogens with one attached hydrogen (secondary N) is 2. The Kier molecular flexibility index (Phi) is 5.70. The summed E-state index contributed by atoms with van der Waals surface area (Å²) in [5, 5.41) is 9.35. The first-order valence-corrected chi connectivity index (χ1v) is 12.1. The summed E-state index contributed by atoms with van der Waals surface area (Å²) < 4.78 is 0. The second-order valence-electron chi connectivity index (χ2n) is 9.55. The Morgan fingerprint density at radius 2 is 1.74 bits per heavy atom. The van der Waals surface area contributed by atoms with Crippen molar-refractivity contribution in [2.45, 2.75) is 83.0 Å². The lowest BCUT2D eigenvalue weighted by Crippen LogP contribution is -2.16. The van der Waals surface area contributed by atoms with Crippen molar-refractivity contribution in [2.75, 3.05) is 6.54 Å². The van der Waals surface area contributed by atoms with Crippen LogP contribution in [-0.2, 0) is 0 Å². The fourth-order valence-electron chi connectivity index (χ4n) is 6.10. The number of benzene rings is 1. The summed E-state index contributed by atoms with van der Waals surface area (Å²) in [6, 6.07) is 2.38. The minimum atomic E-state index is -0.0591. The zero-order chi connectivity index (χ0) is 21.4. The SMILES string of the molecule is Cc1[nH]nc2c1c(=O)[nH]c1c(/C=C/CN)c(C3CCCCC3)c(C3CCCCC3)cc12. The van der Waals surface area contributed by atoms with E-state index in [2.05, 4.69) is 27.3 Å². The molecule has 2 aliphatic carbocycles. The smallest absolute Gasteiger partial charge is 0.259 e. The zero-order valence-corrected chi connectivity index (χ0v) is 18.6. The van der Waals surface area contributed by atoms with Gasteiger partial charge in [-0.2, -0.15) is 5.10 Å². The van der Waals surface area contributed by atoms with Gasteiger partial charge in [0.1, 0.15) is 5.52 Å². The fourth-order valence-corrected chi connectivity index (χ4v) is 6.10. The molecule has 2 saturated carbocycles. The fraction of sp³-hybridized carbons (Fsp3) is 0.538. The van der Waals surface area contributed by atoms with Gasteiger partial charge >= 0.3 is 0 Å². The van der Waals surface area contributed by atoms with Gasteiger partial charge in [0.25, 0.3) is 5.56 Å². The van der Waals surface area contributed by atoms with Gasteiger partial charge in [0.2, 0.25) is 0 Å². The van der Waals surface area contributed by atoms with Gasteiger partial charge in [-0.1, -0.05) is 50.7 Å². The lowest BCUT2D eigenvalue weighted by molar-refractivity contribution is 0.419. The largest absolute Gasteiger partial charge is 0.327 e. The van der Waals surface area contributed by atoms with Crippen LogP contribution in [0.25, 0.3) is 27.9 Å². The Labute approximate surface area is 183 Å².